The molecule has 6 heteroatoms. The van der Waals surface area contributed by atoms with Crippen LogP contribution in [0.4, 0.5) is 0 Å². The maximum atomic E-state index is 12.1. The number of carbonyl (C=O) groups is 2. The summed E-state index contributed by atoms with van der Waals surface area (Å²) in [7, 11) is 3.05. The third kappa shape index (κ3) is 9.62. The SMILES string of the molecule is CCCCOC(=O)CCCCCCCCC(=O)Oc1c(OC)cccc1OC. The van der Waals surface area contributed by atoms with Gasteiger partial charge in [0, 0.05) is 12.8 Å². The van der Waals surface area contributed by atoms with Crippen LogP contribution in [0.5, 0.6) is 17.2 Å². The van der Waals surface area contributed by atoms with Crippen LogP contribution in [0.3, 0.4) is 0 Å². The number of ether oxygens (including phenoxy) is 4. The first-order valence-electron chi connectivity index (χ1n) is 10.2. The fourth-order valence-electron chi connectivity index (χ4n) is 2.73. The van der Waals surface area contributed by atoms with E-state index in [0.29, 0.717) is 36.7 Å². The second kappa shape index (κ2) is 14.8. The molecule has 0 saturated heterocycles. The highest BCUT2D eigenvalue weighted by Gasteiger charge is 2.15. The van der Waals surface area contributed by atoms with Crippen LogP contribution in [0.1, 0.15) is 71.1 Å². The molecule has 0 aliphatic carbocycles. The average Bonchev–Trinajstić information content (AvgIpc) is 2.70. The zero-order chi connectivity index (χ0) is 20.6. The van der Waals surface area contributed by atoms with Crippen LogP contribution in [0.2, 0.25) is 0 Å². The molecule has 0 amide bonds. The Morgan fingerprint density at radius 2 is 1.32 bits per heavy atom. The summed E-state index contributed by atoms with van der Waals surface area (Å²) in [5.74, 6) is 0.880. The van der Waals surface area contributed by atoms with Crippen LogP contribution in [-0.2, 0) is 14.3 Å². The molecule has 0 aliphatic heterocycles. The Kier molecular flexibility index (Phi) is 12.6. The number of rotatable bonds is 15. The van der Waals surface area contributed by atoms with Gasteiger partial charge in [0.25, 0.3) is 0 Å². The Labute approximate surface area is 168 Å². The molecular weight excluding hydrogens is 360 g/mol. The molecule has 158 valence electrons. The lowest BCUT2D eigenvalue weighted by atomic mass is 10.1. The lowest BCUT2D eigenvalue weighted by Crippen LogP contribution is -2.09. The number of para-hydroxylation sites is 1. The highest BCUT2D eigenvalue weighted by atomic mass is 16.6. The highest BCUT2D eigenvalue weighted by Crippen LogP contribution is 2.37. The van der Waals surface area contributed by atoms with Gasteiger partial charge in [0.2, 0.25) is 5.75 Å². The Bertz CT molecular complexity index is 562. The Morgan fingerprint density at radius 1 is 0.786 bits per heavy atom. The molecule has 0 N–H and O–H groups in total. The van der Waals surface area contributed by atoms with Crippen molar-refractivity contribution in [1.82, 2.24) is 0 Å². The molecule has 0 bridgehead atoms. The lowest BCUT2D eigenvalue weighted by Gasteiger charge is -2.12. The number of esters is 2. The van der Waals surface area contributed by atoms with Crippen molar-refractivity contribution in [3.8, 4) is 17.2 Å². The van der Waals surface area contributed by atoms with Gasteiger partial charge in [-0.2, -0.15) is 0 Å². The van der Waals surface area contributed by atoms with Crippen molar-refractivity contribution in [2.24, 2.45) is 0 Å². The second-order valence-corrected chi connectivity index (χ2v) is 6.66. The smallest absolute Gasteiger partial charge is 0.311 e. The van der Waals surface area contributed by atoms with Gasteiger partial charge in [-0.1, -0.05) is 45.1 Å². The molecule has 1 aromatic carbocycles. The molecule has 0 atom stereocenters. The first-order valence-corrected chi connectivity index (χ1v) is 10.2. The van der Waals surface area contributed by atoms with Gasteiger partial charge < -0.3 is 18.9 Å². The summed E-state index contributed by atoms with van der Waals surface area (Å²) in [6.07, 6.45) is 8.50. The molecule has 0 heterocycles. The quantitative estimate of drug-likeness (QED) is 0.235. The molecule has 0 aromatic heterocycles. The van der Waals surface area contributed by atoms with E-state index >= 15 is 0 Å². The van der Waals surface area contributed by atoms with E-state index in [-0.39, 0.29) is 11.9 Å². The van der Waals surface area contributed by atoms with Crippen molar-refractivity contribution in [3.05, 3.63) is 18.2 Å². The summed E-state index contributed by atoms with van der Waals surface area (Å²) in [6.45, 7) is 2.61. The molecular formula is C22H34O6. The Hall–Kier alpha value is -2.24. The number of carbonyl (C=O) groups excluding carboxylic acids is 2. The van der Waals surface area contributed by atoms with Gasteiger partial charge in [-0.05, 0) is 31.4 Å². The minimum atomic E-state index is -0.294. The summed E-state index contributed by atoms with van der Waals surface area (Å²) < 4.78 is 21.0. The average molecular weight is 395 g/mol. The van der Waals surface area contributed by atoms with Crippen LogP contribution < -0.4 is 14.2 Å². The van der Waals surface area contributed by atoms with Crippen molar-refractivity contribution >= 4 is 11.9 Å². The summed E-state index contributed by atoms with van der Waals surface area (Å²) in [6, 6.07) is 5.23. The van der Waals surface area contributed by atoms with Crippen molar-refractivity contribution in [2.45, 2.75) is 71.1 Å². The largest absolute Gasteiger partial charge is 0.493 e. The first-order chi connectivity index (χ1) is 13.6. The van der Waals surface area contributed by atoms with E-state index in [1.165, 1.54) is 14.2 Å². The number of hydrogen-bond donors (Lipinski definition) is 0. The molecule has 0 saturated carbocycles. The summed E-state index contributed by atoms with van der Waals surface area (Å²) in [4.78, 5) is 23.6. The first kappa shape index (κ1) is 23.8. The Balaban J connectivity index is 2.12. The van der Waals surface area contributed by atoms with Crippen LogP contribution in [0.15, 0.2) is 18.2 Å². The second-order valence-electron chi connectivity index (χ2n) is 6.66. The van der Waals surface area contributed by atoms with E-state index in [4.69, 9.17) is 18.9 Å². The van der Waals surface area contributed by atoms with E-state index < -0.39 is 0 Å². The lowest BCUT2D eigenvalue weighted by molar-refractivity contribution is -0.144. The number of unbranched alkanes of at least 4 members (excludes halogenated alkanes) is 6. The van der Waals surface area contributed by atoms with Crippen LogP contribution >= 0.6 is 0 Å². The standard InChI is InChI=1S/C22H34O6/c1-4-5-17-27-20(23)15-10-8-6-7-9-11-16-21(24)28-22-18(25-2)13-12-14-19(22)26-3/h12-14H,4-11,15-17H2,1-3H3. The minimum absolute atomic E-state index is 0.0945. The predicted octanol–water partition coefficient (Wildman–Crippen LogP) is 5.07. The molecule has 1 rings (SSSR count). The fraction of sp³-hybridized carbons (Fsp3) is 0.636. The number of hydrogen-bond acceptors (Lipinski definition) is 6. The van der Waals surface area contributed by atoms with Gasteiger partial charge in [0.05, 0.1) is 20.8 Å². The molecule has 1 aromatic rings. The molecule has 28 heavy (non-hydrogen) atoms. The van der Waals surface area contributed by atoms with E-state index in [1.807, 2.05) is 0 Å². The molecule has 0 unspecified atom stereocenters. The number of benzene rings is 1. The van der Waals surface area contributed by atoms with Gasteiger partial charge in [-0.25, -0.2) is 0 Å². The van der Waals surface area contributed by atoms with Gasteiger partial charge in [0.15, 0.2) is 11.5 Å². The Morgan fingerprint density at radius 3 is 1.86 bits per heavy atom. The fourth-order valence-corrected chi connectivity index (χ4v) is 2.73. The topological polar surface area (TPSA) is 71.1 Å². The zero-order valence-corrected chi connectivity index (χ0v) is 17.5. The maximum Gasteiger partial charge on any atom is 0.311 e. The summed E-state index contributed by atoms with van der Waals surface area (Å²) >= 11 is 0. The van der Waals surface area contributed by atoms with Crippen LogP contribution in [0, 0.1) is 0 Å². The zero-order valence-electron chi connectivity index (χ0n) is 17.5. The van der Waals surface area contributed by atoms with E-state index in [9.17, 15) is 9.59 Å². The normalized spacial score (nSPS) is 10.4. The predicted molar refractivity (Wildman–Crippen MR) is 108 cm³/mol. The third-order valence-electron chi connectivity index (χ3n) is 4.37. The third-order valence-corrected chi connectivity index (χ3v) is 4.37. The van der Waals surface area contributed by atoms with Crippen molar-refractivity contribution < 1.29 is 28.5 Å². The van der Waals surface area contributed by atoms with E-state index in [1.54, 1.807) is 18.2 Å². The summed E-state index contributed by atoms with van der Waals surface area (Å²) in [5, 5.41) is 0. The van der Waals surface area contributed by atoms with Crippen molar-refractivity contribution in [3.63, 3.8) is 0 Å². The van der Waals surface area contributed by atoms with Gasteiger partial charge in [-0.3, -0.25) is 9.59 Å². The minimum Gasteiger partial charge on any atom is -0.493 e. The summed E-state index contributed by atoms with van der Waals surface area (Å²) in [5.41, 5.74) is 0. The highest BCUT2D eigenvalue weighted by molar-refractivity contribution is 5.74. The van der Waals surface area contributed by atoms with Crippen LogP contribution in [-0.4, -0.2) is 32.8 Å². The molecule has 0 aliphatic rings. The molecule has 0 spiro atoms. The molecule has 0 radical (unpaired) electrons. The maximum absolute atomic E-state index is 12.1. The monoisotopic (exact) mass is 394 g/mol. The van der Waals surface area contributed by atoms with Gasteiger partial charge in [0.1, 0.15) is 0 Å². The van der Waals surface area contributed by atoms with E-state index in [0.717, 1.165) is 51.4 Å². The van der Waals surface area contributed by atoms with Crippen LogP contribution in [0.25, 0.3) is 0 Å². The van der Waals surface area contributed by atoms with Gasteiger partial charge >= 0.3 is 11.9 Å². The molecule has 0 fully saturated rings. The molecule has 6 nitrogen and oxygen atoms in total. The van der Waals surface area contributed by atoms with E-state index in [2.05, 4.69) is 6.92 Å². The van der Waals surface area contributed by atoms with Crippen molar-refractivity contribution in [1.29, 1.82) is 0 Å². The number of methoxy groups -OCH3 is 2. The van der Waals surface area contributed by atoms with Gasteiger partial charge in [-0.15, -0.1) is 0 Å². The van der Waals surface area contributed by atoms with Crippen molar-refractivity contribution in [2.75, 3.05) is 20.8 Å².